The smallest absolute Gasteiger partial charge is 0.383 e. The fourth-order valence-electron chi connectivity index (χ4n) is 5.81. The lowest BCUT2D eigenvalue weighted by atomic mass is 9.97. The van der Waals surface area contributed by atoms with E-state index in [9.17, 15) is 18.0 Å². The Morgan fingerprint density at radius 1 is 1.26 bits per heavy atom. The molecule has 39 heavy (non-hydrogen) atoms. The van der Waals surface area contributed by atoms with Crippen LogP contribution >= 0.6 is 11.3 Å². The Morgan fingerprint density at radius 3 is 2.77 bits per heavy atom. The summed E-state index contributed by atoms with van der Waals surface area (Å²) in [7, 11) is 0. The maximum atomic E-state index is 15.6. The summed E-state index contributed by atoms with van der Waals surface area (Å²) in [6, 6.07) is 5.18. The van der Waals surface area contributed by atoms with Gasteiger partial charge in [0.2, 0.25) is 0 Å². The van der Waals surface area contributed by atoms with Crippen molar-refractivity contribution in [3.05, 3.63) is 86.1 Å². The molecule has 4 aromatic rings. The lowest BCUT2D eigenvalue weighted by Gasteiger charge is -2.35. The van der Waals surface area contributed by atoms with Crippen LogP contribution in [0, 0.1) is 5.82 Å². The Bertz CT molecular complexity index is 1610. The first kappa shape index (κ1) is 25.7. The number of aromatic nitrogens is 2. The Morgan fingerprint density at radius 2 is 2.05 bits per heavy atom. The van der Waals surface area contributed by atoms with Crippen molar-refractivity contribution in [3.63, 3.8) is 0 Å². The molecule has 2 aliphatic rings. The minimum atomic E-state index is -4.47. The fraction of sp³-hybridized carbons (Fsp3) is 0.321. The standard InChI is InChI=1S/C28H24F4N4O2S/c1-13(23-11-39-12-34-23)36(24-6-3-15-7-16(28(30,31)32)4-5-17(15)24)27(37)19-8-18-20-10-38-14(2)25(20)26(33)35-22(18)9-21(19)29/h4-5,7-9,11-14,24H,3,6,10H2,1-2H3,(H2,33,35)/t13?,14-,24?/m1/s1. The summed E-state index contributed by atoms with van der Waals surface area (Å²) in [6.07, 6.45) is -3.98. The van der Waals surface area contributed by atoms with Crippen LogP contribution in [0.1, 0.15) is 82.3 Å². The quantitative estimate of drug-likeness (QED) is 0.276. The van der Waals surface area contributed by atoms with Gasteiger partial charge >= 0.3 is 6.18 Å². The van der Waals surface area contributed by atoms with Gasteiger partial charge in [-0.25, -0.2) is 14.4 Å². The average molecular weight is 557 g/mol. The molecule has 0 radical (unpaired) electrons. The predicted molar refractivity (Wildman–Crippen MR) is 139 cm³/mol. The molecule has 2 aromatic heterocycles. The van der Waals surface area contributed by atoms with E-state index in [1.165, 1.54) is 29.5 Å². The lowest BCUT2D eigenvalue weighted by molar-refractivity contribution is -0.137. The number of ether oxygens (including phenoxy) is 1. The van der Waals surface area contributed by atoms with Gasteiger partial charge in [-0.05, 0) is 61.6 Å². The fourth-order valence-corrected chi connectivity index (χ4v) is 6.45. The number of carbonyl (C=O) groups excluding carboxylic acids is 1. The number of hydrogen-bond acceptors (Lipinski definition) is 6. The van der Waals surface area contributed by atoms with Crippen molar-refractivity contribution in [1.29, 1.82) is 0 Å². The Hall–Kier alpha value is -3.57. The molecule has 11 heteroatoms. The number of nitrogens with zero attached hydrogens (tertiary/aromatic N) is 3. The molecular weight excluding hydrogens is 532 g/mol. The van der Waals surface area contributed by atoms with E-state index < -0.39 is 35.5 Å². The molecule has 1 aliphatic carbocycles. The number of alkyl halides is 3. The van der Waals surface area contributed by atoms with E-state index in [1.807, 2.05) is 12.3 Å². The second-order valence-corrected chi connectivity index (χ2v) is 10.7. The van der Waals surface area contributed by atoms with E-state index in [0.717, 1.165) is 23.3 Å². The van der Waals surface area contributed by atoms with Crippen molar-refractivity contribution < 1.29 is 27.1 Å². The molecule has 0 saturated carbocycles. The van der Waals surface area contributed by atoms with E-state index in [4.69, 9.17) is 10.5 Å². The number of fused-ring (bicyclic) bond motifs is 4. The summed E-state index contributed by atoms with van der Waals surface area (Å²) >= 11 is 1.36. The molecule has 2 aromatic carbocycles. The van der Waals surface area contributed by atoms with E-state index in [2.05, 4.69) is 9.97 Å². The monoisotopic (exact) mass is 556 g/mol. The third-order valence-electron chi connectivity index (χ3n) is 7.75. The van der Waals surface area contributed by atoms with Crippen molar-refractivity contribution in [1.82, 2.24) is 14.9 Å². The molecular formula is C28H24F4N4O2S. The van der Waals surface area contributed by atoms with Crippen LogP contribution in [-0.4, -0.2) is 20.8 Å². The zero-order chi connectivity index (χ0) is 27.6. The summed E-state index contributed by atoms with van der Waals surface area (Å²) in [6.45, 7) is 3.91. The maximum Gasteiger partial charge on any atom is 0.416 e. The highest BCUT2D eigenvalue weighted by Gasteiger charge is 2.39. The molecule has 6 rings (SSSR count). The van der Waals surface area contributed by atoms with E-state index in [1.54, 1.807) is 17.3 Å². The second-order valence-electron chi connectivity index (χ2n) is 9.96. The predicted octanol–water partition coefficient (Wildman–Crippen LogP) is 6.91. The summed E-state index contributed by atoms with van der Waals surface area (Å²) in [5.74, 6) is -1.07. The number of rotatable bonds is 4. The molecule has 2 N–H and O–H groups in total. The number of benzene rings is 2. The van der Waals surface area contributed by atoms with Gasteiger partial charge in [0.1, 0.15) is 11.6 Å². The minimum absolute atomic E-state index is 0.154. The van der Waals surface area contributed by atoms with Crippen LogP contribution in [0.15, 0.2) is 41.2 Å². The van der Waals surface area contributed by atoms with Crippen LogP contribution in [0.5, 0.6) is 0 Å². The van der Waals surface area contributed by atoms with Crippen LogP contribution in [0.2, 0.25) is 0 Å². The molecule has 1 amide bonds. The zero-order valence-electron chi connectivity index (χ0n) is 21.1. The van der Waals surface area contributed by atoms with E-state index in [0.29, 0.717) is 40.6 Å². The van der Waals surface area contributed by atoms with Gasteiger partial charge in [-0.1, -0.05) is 6.07 Å². The first-order chi connectivity index (χ1) is 18.5. The van der Waals surface area contributed by atoms with Crippen molar-refractivity contribution in [2.24, 2.45) is 0 Å². The highest BCUT2D eigenvalue weighted by atomic mass is 32.1. The Kier molecular flexibility index (Phi) is 6.11. The number of nitrogen functional groups attached to an aromatic ring is 1. The highest BCUT2D eigenvalue weighted by Crippen LogP contribution is 2.44. The molecule has 1 aliphatic heterocycles. The molecule has 3 atom stereocenters. The number of hydrogen-bond donors (Lipinski definition) is 1. The van der Waals surface area contributed by atoms with Crippen LogP contribution < -0.4 is 5.73 Å². The molecule has 6 nitrogen and oxygen atoms in total. The SMILES string of the molecule is CC(c1cscn1)N(C(=O)c1cc2c3c(c(N)nc2cc1F)[C@@H](C)OC3)C1CCc2cc(C(F)(F)F)ccc21. The van der Waals surface area contributed by atoms with Crippen LogP contribution in [-0.2, 0) is 23.9 Å². The molecule has 3 heterocycles. The molecule has 2 unspecified atom stereocenters. The number of nitrogens with two attached hydrogens (primary N) is 1. The average Bonchev–Trinajstić information content (AvgIpc) is 3.64. The van der Waals surface area contributed by atoms with Crippen molar-refractivity contribution >= 4 is 34.0 Å². The van der Waals surface area contributed by atoms with Gasteiger partial charge in [0, 0.05) is 22.4 Å². The van der Waals surface area contributed by atoms with Gasteiger partial charge in [0.15, 0.2) is 0 Å². The Balaban J connectivity index is 1.47. The van der Waals surface area contributed by atoms with Gasteiger partial charge in [0.25, 0.3) is 5.91 Å². The third kappa shape index (κ3) is 4.24. The first-order valence-electron chi connectivity index (χ1n) is 12.5. The van der Waals surface area contributed by atoms with Crippen LogP contribution in [0.4, 0.5) is 23.4 Å². The van der Waals surface area contributed by atoms with Crippen LogP contribution in [0.25, 0.3) is 10.9 Å². The maximum absolute atomic E-state index is 15.6. The van der Waals surface area contributed by atoms with Crippen molar-refractivity contribution in [2.45, 2.75) is 57.7 Å². The van der Waals surface area contributed by atoms with Gasteiger partial charge in [-0.2, -0.15) is 13.2 Å². The molecule has 202 valence electrons. The third-order valence-corrected chi connectivity index (χ3v) is 8.36. The number of pyridine rings is 1. The van der Waals surface area contributed by atoms with Gasteiger partial charge < -0.3 is 15.4 Å². The number of carbonyl (C=O) groups is 1. The van der Waals surface area contributed by atoms with E-state index in [-0.39, 0.29) is 24.1 Å². The minimum Gasteiger partial charge on any atom is -0.383 e. The second kappa shape index (κ2) is 9.27. The summed E-state index contributed by atoms with van der Waals surface area (Å²) in [5.41, 5.74) is 10.5. The lowest BCUT2D eigenvalue weighted by Crippen LogP contribution is -2.37. The summed E-state index contributed by atoms with van der Waals surface area (Å²) in [4.78, 5) is 24.5. The van der Waals surface area contributed by atoms with Gasteiger partial charge in [-0.15, -0.1) is 11.3 Å². The normalized spacial score (nSPS) is 19.2. The molecule has 0 bridgehead atoms. The van der Waals surface area contributed by atoms with Crippen molar-refractivity contribution in [3.8, 4) is 0 Å². The summed E-state index contributed by atoms with van der Waals surface area (Å²) < 4.78 is 61.4. The number of thiazole rings is 1. The number of halogens is 4. The largest absolute Gasteiger partial charge is 0.416 e. The Labute approximate surface area is 225 Å². The topological polar surface area (TPSA) is 81.3 Å². The highest BCUT2D eigenvalue weighted by molar-refractivity contribution is 7.07. The number of anilines is 1. The molecule has 0 fully saturated rings. The van der Waals surface area contributed by atoms with E-state index >= 15 is 4.39 Å². The van der Waals surface area contributed by atoms with Crippen molar-refractivity contribution in [2.75, 3.05) is 5.73 Å². The number of amides is 1. The zero-order valence-corrected chi connectivity index (χ0v) is 21.9. The first-order valence-corrected chi connectivity index (χ1v) is 13.4. The number of aryl methyl sites for hydroxylation is 1. The van der Waals surface area contributed by atoms with Crippen LogP contribution in [0.3, 0.4) is 0 Å². The summed E-state index contributed by atoms with van der Waals surface area (Å²) in [5, 5.41) is 2.39. The molecule has 0 spiro atoms. The van der Waals surface area contributed by atoms with Gasteiger partial charge in [-0.3, -0.25) is 4.79 Å². The van der Waals surface area contributed by atoms with Gasteiger partial charge in [0.05, 0.1) is 52.6 Å². The molecule has 0 saturated heterocycles.